The van der Waals surface area contributed by atoms with Gasteiger partial charge in [-0.25, -0.2) is 13.2 Å². The first-order valence-corrected chi connectivity index (χ1v) is 9.42. The molecule has 2 aromatic rings. The second-order valence-electron chi connectivity index (χ2n) is 5.59. The van der Waals surface area contributed by atoms with Crippen molar-refractivity contribution in [3.05, 3.63) is 70.3 Å². The Morgan fingerprint density at radius 1 is 1.11 bits per heavy atom. The van der Waals surface area contributed by atoms with Gasteiger partial charge in [-0.15, -0.1) is 0 Å². The van der Waals surface area contributed by atoms with Gasteiger partial charge in [0.1, 0.15) is 6.04 Å². The molecule has 0 radical (unpaired) electrons. The highest BCUT2D eigenvalue weighted by atomic mass is 32.2. The first kappa shape index (κ1) is 20.0. The van der Waals surface area contributed by atoms with Gasteiger partial charge in [0.15, 0.2) is 9.84 Å². The van der Waals surface area contributed by atoms with Gasteiger partial charge < -0.3 is 10.4 Å². The van der Waals surface area contributed by atoms with E-state index in [9.17, 15) is 33.2 Å². The van der Waals surface area contributed by atoms with Gasteiger partial charge >= 0.3 is 5.97 Å². The first-order chi connectivity index (χ1) is 12.7. The van der Waals surface area contributed by atoms with Gasteiger partial charge in [-0.2, -0.15) is 0 Å². The van der Waals surface area contributed by atoms with Crippen molar-refractivity contribution in [3.8, 4) is 0 Å². The van der Waals surface area contributed by atoms with Crippen molar-refractivity contribution >= 4 is 27.4 Å². The Morgan fingerprint density at radius 3 is 2.37 bits per heavy atom. The summed E-state index contributed by atoms with van der Waals surface area (Å²) >= 11 is 0. The maximum absolute atomic E-state index is 12.3. The van der Waals surface area contributed by atoms with Crippen LogP contribution in [0.15, 0.2) is 59.5 Å². The number of aliphatic carboxylic acids is 1. The summed E-state index contributed by atoms with van der Waals surface area (Å²) in [6.07, 6.45) is -0.354. The summed E-state index contributed by atoms with van der Waals surface area (Å²) in [4.78, 5) is 33.7. The highest BCUT2D eigenvalue weighted by molar-refractivity contribution is 7.91. The second kappa shape index (κ2) is 8.41. The van der Waals surface area contributed by atoms with Crippen LogP contribution in [0.1, 0.15) is 16.8 Å². The van der Waals surface area contributed by atoms with E-state index in [1.165, 1.54) is 30.3 Å². The van der Waals surface area contributed by atoms with Crippen molar-refractivity contribution in [2.24, 2.45) is 0 Å². The lowest BCUT2D eigenvalue weighted by atomic mass is 10.1. The predicted molar refractivity (Wildman–Crippen MR) is 95.1 cm³/mol. The number of hydrogen-bond acceptors (Lipinski definition) is 6. The van der Waals surface area contributed by atoms with E-state index in [1.54, 1.807) is 18.2 Å². The van der Waals surface area contributed by atoms with E-state index in [0.29, 0.717) is 0 Å². The number of carboxylic acid groups (broad SMARTS) is 1. The number of amides is 1. The van der Waals surface area contributed by atoms with Crippen LogP contribution < -0.4 is 5.32 Å². The largest absolute Gasteiger partial charge is 0.480 e. The van der Waals surface area contributed by atoms with Crippen LogP contribution >= 0.6 is 0 Å². The molecule has 27 heavy (non-hydrogen) atoms. The SMILES string of the molecule is O=C(N[C@@H](CCS(=O)(=O)c1ccccc1)C(=O)O)c1cccc([N+](=O)[O-])c1. The third-order valence-electron chi connectivity index (χ3n) is 3.70. The minimum absolute atomic E-state index is 0.0548. The molecule has 0 aliphatic rings. The average Bonchev–Trinajstić information content (AvgIpc) is 2.65. The van der Waals surface area contributed by atoms with Crippen LogP contribution in [0.5, 0.6) is 0 Å². The number of rotatable bonds is 8. The Balaban J connectivity index is 2.10. The third-order valence-corrected chi connectivity index (χ3v) is 5.46. The molecule has 0 fully saturated rings. The summed E-state index contributed by atoms with van der Waals surface area (Å²) in [5.74, 6) is -2.73. The van der Waals surface area contributed by atoms with Crippen LogP contribution in [0.25, 0.3) is 0 Å². The van der Waals surface area contributed by atoms with Crippen molar-refractivity contribution in [2.45, 2.75) is 17.4 Å². The average molecular weight is 392 g/mol. The number of nitro benzene ring substituents is 1. The van der Waals surface area contributed by atoms with Crippen molar-refractivity contribution in [1.29, 1.82) is 0 Å². The van der Waals surface area contributed by atoms with Crippen molar-refractivity contribution in [3.63, 3.8) is 0 Å². The molecule has 1 amide bonds. The summed E-state index contributed by atoms with van der Waals surface area (Å²) in [6, 6.07) is 10.9. The normalized spacial score (nSPS) is 12.1. The standard InChI is InChI=1S/C17H16N2O7S/c20-16(12-5-4-6-13(11-12)19(23)24)18-15(17(21)22)9-10-27(25,26)14-7-2-1-3-8-14/h1-8,11,15H,9-10H2,(H,18,20)(H,21,22)/t15-/m0/s1. The number of benzene rings is 2. The molecule has 0 saturated carbocycles. The lowest BCUT2D eigenvalue weighted by molar-refractivity contribution is -0.384. The van der Waals surface area contributed by atoms with Crippen LogP contribution in [0.4, 0.5) is 5.69 Å². The molecule has 0 aliphatic heterocycles. The Bertz CT molecular complexity index is 958. The fraction of sp³-hybridized carbons (Fsp3) is 0.176. The van der Waals surface area contributed by atoms with E-state index in [2.05, 4.69) is 5.32 Å². The van der Waals surface area contributed by atoms with E-state index < -0.39 is 38.4 Å². The van der Waals surface area contributed by atoms with Gasteiger partial charge in [0.05, 0.1) is 15.6 Å². The highest BCUT2D eigenvalue weighted by Crippen LogP contribution is 2.15. The molecular weight excluding hydrogens is 376 g/mol. The molecule has 142 valence electrons. The Kier molecular flexibility index (Phi) is 6.24. The molecule has 0 heterocycles. The number of carbonyl (C=O) groups excluding carboxylic acids is 1. The van der Waals surface area contributed by atoms with Crippen LogP contribution in [-0.4, -0.2) is 42.1 Å². The molecule has 0 bridgehead atoms. The Hall–Kier alpha value is -3.27. The fourth-order valence-corrected chi connectivity index (χ4v) is 3.63. The molecular formula is C17H16N2O7S. The fourth-order valence-electron chi connectivity index (χ4n) is 2.28. The van der Waals surface area contributed by atoms with Gasteiger partial charge in [-0.05, 0) is 24.6 Å². The molecule has 9 nitrogen and oxygen atoms in total. The molecule has 0 aromatic heterocycles. The van der Waals surface area contributed by atoms with Gasteiger partial charge in [0.2, 0.25) is 0 Å². The van der Waals surface area contributed by atoms with E-state index in [4.69, 9.17) is 0 Å². The quantitative estimate of drug-likeness (QED) is 0.513. The van der Waals surface area contributed by atoms with E-state index in [1.807, 2.05) is 0 Å². The minimum atomic E-state index is -3.71. The number of carboxylic acids is 1. The van der Waals surface area contributed by atoms with Gasteiger partial charge in [-0.3, -0.25) is 14.9 Å². The number of nitrogens with one attached hydrogen (secondary N) is 1. The minimum Gasteiger partial charge on any atom is -0.480 e. The molecule has 0 unspecified atom stereocenters. The smallest absolute Gasteiger partial charge is 0.326 e. The van der Waals surface area contributed by atoms with Crippen LogP contribution in [0.2, 0.25) is 0 Å². The van der Waals surface area contributed by atoms with Crippen molar-refractivity contribution in [2.75, 3.05) is 5.75 Å². The second-order valence-corrected chi connectivity index (χ2v) is 7.70. The summed E-state index contributed by atoms with van der Waals surface area (Å²) in [5, 5.41) is 22.2. The van der Waals surface area contributed by atoms with Gasteiger partial charge in [-0.1, -0.05) is 24.3 Å². The molecule has 0 aliphatic carbocycles. The number of hydrogen-bond donors (Lipinski definition) is 2. The lowest BCUT2D eigenvalue weighted by Gasteiger charge is -2.14. The Morgan fingerprint density at radius 2 is 1.78 bits per heavy atom. The third kappa shape index (κ3) is 5.35. The summed E-state index contributed by atoms with van der Waals surface area (Å²) in [7, 11) is -3.71. The van der Waals surface area contributed by atoms with E-state index in [-0.39, 0.29) is 22.6 Å². The zero-order chi connectivity index (χ0) is 20.0. The molecule has 0 spiro atoms. The van der Waals surface area contributed by atoms with Crippen molar-refractivity contribution < 1.29 is 28.0 Å². The van der Waals surface area contributed by atoms with Gasteiger partial charge in [0.25, 0.3) is 11.6 Å². The van der Waals surface area contributed by atoms with Crippen LogP contribution in [0, 0.1) is 10.1 Å². The van der Waals surface area contributed by atoms with Crippen molar-refractivity contribution in [1.82, 2.24) is 5.32 Å². The number of nitrogens with zero attached hydrogens (tertiary/aromatic N) is 1. The highest BCUT2D eigenvalue weighted by Gasteiger charge is 2.25. The molecule has 1 atom stereocenters. The molecule has 2 aromatic carbocycles. The van der Waals surface area contributed by atoms with E-state index >= 15 is 0 Å². The van der Waals surface area contributed by atoms with Crippen LogP contribution in [-0.2, 0) is 14.6 Å². The number of non-ortho nitro benzene ring substituents is 1. The zero-order valence-corrected chi connectivity index (χ0v) is 14.8. The topological polar surface area (TPSA) is 144 Å². The predicted octanol–water partition coefficient (Wildman–Crippen LogP) is 1.64. The Labute approximate surface area is 154 Å². The number of carbonyl (C=O) groups is 2. The molecule has 2 rings (SSSR count). The summed E-state index contributed by atoms with van der Waals surface area (Å²) < 4.78 is 24.5. The van der Waals surface area contributed by atoms with E-state index in [0.717, 1.165) is 6.07 Å². The maximum Gasteiger partial charge on any atom is 0.326 e. The summed E-state index contributed by atoms with van der Waals surface area (Å²) in [6.45, 7) is 0. The lowest BCUT2D eigenvalue weighted by Crippen LogP contribution is -2.42. The molecule has 2 N–H and O–H groups in total. The maximum atomic E-state index is 12.3. The number of nitro groups is 1. The summed E-state index contributed by atoms with van der Waals surface area (Å²) in [5.41, 5.74) is -0.414. The first-order valence-electron chi connectivity index (χ1n) is 7.76. The zero-order valence-electron chi connectivity index (χ0n) is 13.9. The number of sulfone groups is 1. The molecule has 10 heteroatoms. The molecule has 0 saturated heterocycles. The monoisotopic (exact) mass is 392 g/mol. The van der Waals surface area contributed by atoms with Crippen LogP contribution in [0.3, 0.4) is 0 Å². The van der Waals surface area contributed by atoms with Gasteiger partial charge in [0, 0.05) is 17.7 Å².